The van der Waals surface area contributed by atoms with Crippen LogP contribution in [0.1, 0.15) is 30.5 Å². The third kappa shape index (κ3) is 1.95. The molecule has 1 aromatic carbocycles. The van der Waals surface area contributed by atoms with Gasteiger partial charge in [-0.25, -0.2) is 0 Å². The van der Waals surface area contributed by atoms with Crippen molar-refractivity contribution in [2.75, 3.05) is 0 Å². The zero-order chi connectivity index (χ0) is 10.9. The van der Waals surface area contributed by atoms with Crippen molar-refractivity contribution in [3.63, 3.8) is 0 Å². The summed E-state index contributed by atoms with van der Waals surface area (Å²) in [5, 5.41) is 0. The molecule has 1 rings (SSSR count). The maximum atomic E-state index is 11.3. The Morgan fingerprint density at radius 1 is 1.14 bits per heavy atom. The number of hydrogen-bond acceptors (Lipinski definition) is 1. The van der Waals surface area contributed by atoms with Gasteiger partial charge in [0.1, 0.15) is 0 Å². The van der Waals surface area contributed by atoms with Crippen LogP contribution >= 0.6 is 0 Å². The Balaban J connectivity index is 3.25. The number of nitrogens with two attached hydrogens (primary N) is 1. The van der Waals surface area contributed by atoms with Gasteiger partial charge in [0.25, 0.3) is 0 Å². The number of amides is 1. The van der Waals surface area contributed by atoms with Gasteiger partial charge in [0.15, 0.2) is 0 Å². The smallest absolute Gasteiger partial charge is 0.227 e. The predicted octanol–water partition coefficient (Wildman–Crippen LogP) is 2.07. The summed E-state index contributed by atoms with van der Waals surface area (Å²) < 4.78 is 0. The number of rotatable bonds is 2. The molecule has 1 amide bonds. The Kier molecular flexibility index (Phi) is 2.65. The van der Waals surface area contributed by atoms with Crippen LogP contribution in [-0.2, 0) is 10.2 Å². The van der Waals surface area contributed by atoms with E-state index in [9.17, 15) is 4.79 Å². The molecule has 14 heavy (non-hydrogen) atoms. The van der Waals surface area contributed by atoms with Gasteiger partial charge < -0.3 is 5.73 Å². The van der Waals surface area contributed by atoms with Crippen molar-refractivity contribution in [3.05, 3.63) is 34.9 Å². The van der Waals surface area contributed by atoms with Gasteiger partial charge in [0.2, 0.25) is 5.91 Å². The fourth-order valence-electron chi connectivity index (χ4n) is 1.48. The molecule has 2 heteroatoms. The summed E-state index contributed by atoms with van der Waals surface area (Å²) in [5.41, 5.74) is 8.09. The topological polar surface area (TPSA) is 43.1 Å². The van der Waals surface area contributed by atoms with E-state index < -0.39 is 5.41 Å². The first-order valence-electron chi connectivity index (χ1n) is 4.72. The van der Waals surface area contributed by atoms with E-state index in [0.29, 0.717) is 0 Å². The monoisotopic (exact) mass is 191 g/mol. The number of carbonyl (C=O) groups excluding carboxylic acids is 1. The highest BCUT2D eigenvalue weighted by Gasteiger charge is 2.27. The zero-order valence-electron chi connectivity index (χ0n) is 9.22. The third-order valence-corrected chi connectivity index (χ3v) is 2.56. The molecule has 0 bridgehead atoms. The fraction of sp³-hybridized carbons (Fsp3) is 0.417. The van der Waals surface area contributed by atoms with Crippen LogP contribution in [0.4, 0.5) is 0 Å². The summed E-state index contributed by atoms with van der Waals surface area (Å²) in [7, 11) is 0. The van der Waals surface area contributed by atoms with E-state index in [1.807, 2.05) is 39.8 Å². The first kappa shape index (κ1) is 10.8. The Morgan fingerprint density at radius 2 is 1.57 bits per heavy atom. The largest absolute Gasteiger partial charge is 0.369 e. The maximum Gasteiger partial charge on any atom is 0.227 e. The Hall–Kier alpha value is -1.31. The molecule has 0 fully saturated rings. The molecule has 0 spiro atoms. The minimum Gasteiger partial charge on any atom is -0.369 e. The van der Waals surface area contributed by atoms with Crippen LogP contribution in [0.25, 0.3) is 0 Å². The molecule has 0 aliphatic rings. The summed E-state index contributed by atoms with van der Waals surface area (Å²) >= 11 is 0. The first-order valence-corrected chi connectivity index (χ1v) is 4.72. The molecule has 2 nitrogen and oxygen atoms in total. The molecule has 1 aromatic rings. The van der Waals surface area contributed by atoms with Crippen molar-refractivity contribution >= 4 is 5.91 Å². The number of aryl methyl sites for hydroxylation is 2. The van der Waals surface area contributed by atoms with Crippen LogP contribution in [-0.4, -0.2) is 5.91 Å². The predicted molar refractivity (Wildman–Crippen MR) is 58.1 cm³/mol. The van der Waals surface area contributed by atoms with Gasteiger partial charge in [0, 0.05) is 0 Å². The molecule has 0 atom stereocenters. The molecule has 0 heterocycles. The van der Waals surface area contributed by atoms with Crippen molar-refractivity contribution in [1.82, 2.24) is 0 Å². The van der Waals surface area contributed by atoms with Gasteiger partial charge in [-0.2, -0.15) is 0 Å². The molecule has 0 saturated carbocycles. The lowest BCUT2D eigenvalue weighted by Gasteiger charge is -2.22. The summed E-state index contributed by atoms with van der Waals surface area (Å²) in [5.74, 6) is -0.289. The van der Waals surface area contributed by atoms with Crippen LogP contribution in [0, 0.1) is 13.8 Å². The number of hydrogen-bond donors (Lipinski definition) is 1. The minimum absolute atomic E-state index is 0.289. The van der Waals surface area contributed by atoms with Gasteiger partial charge in [0.05, 0.1) is 5.41 Å². The average molecular weight is 191 g/mol. The highest BCUT2D eigenvalue weighted by Crippen LogP contribution is 2.24. The van der Waals surface area contributed by atoms with Crippen LogP contribution in [0.2, 0.25) is 0 Å². The molecule has 0 unspecified atom stereocenters. The van der Waals surface area contributed by atoms with Crippen LogP contribution in [0.5, 0.6) is 0 Å². The van der Waals surface area contributed by atoms with Gasteiger partial charge >= 0.3 is 0 Å². The van der Waals surface area contributed by atoms with E-state index in [-0.39, 0.29) is 5.91 Å². The molecule has 2 N–H and O–H groups in total. The van der Waals surface area contributed by atoms with E-state index in [1.165, 1.54) is 0 Å². The maximum absolute atomic E-state index is 11.3. The lowest BCUT2D eigenvalue weighted by Crippen LogP contribution is -2.35. The number of primary amides is 1. The fourth-order valence-corrected chi connectivity index (χ4v) is 1.48. The van der Waals surface area contributed by atoms with Gasteiger partial charge in [-0.3, -0.25) is 4.79 Å². The number of benzene rings is 1. The summed E-state index contributed by atoms with van der Waals surface area (Å²) in [6.07, 6.45) is 0. The molecule has 0 aromatic heterocycles. The molecule has 0 radical (unpaired) electrons. The van der Waals surface area contributed by atoms with E-state index in [1.54, 1.807) is 0 Å². The Bertz CT molecular complexity index is 346. The highest BCUT2D eigenvalue weighted by atomic mass is 16.1. The lowest BCUT2D eigenvalue weighted by atomic mass is 9.82. The quantitative estimate of drug-likeness (QED) is 0.764. The van der Waals surface area contributed by atoms with Crippen molar-refractivity contribution in [2.24, 2.45) is 5.73 Å². The summed E-state index contributed by atoms with van der Waals surface area (Å²) in [6.45, 7) is 7.74. The number of carbonyl (C=O) groups is 1. The molecular weight excluding hydrogens is 174 g/mol. The van der Waals surface area contributed by atoms with Crippen LogP contribution in [0.3, 0.4) is 0 Å². The molecule has 76 valence electrons. The third-order valence-electron chi connectivity index (χ3n) is 2.56. The van der Waals surface area contributed by atoms with Gasteiger partial charge in [-0.15, -0.1) is 0 Å². The Morgan fingerprint density at radius 3 is 1.93 bits per heavy atom. The second kappa shape index (κ2) is 3.45. The SMILES string of the molecule is Cc1cc(C)cc(C(C)(C)C(N)=O)c1. The highest BCUT2D eigenvalue weighted by molar-refractivity contribution is 5.85. The second-order valence-electron chi connectivity index (χ2n) is 4.37. The van der Waals surface area contributed by atoms with Crippen molar-refractivity contribution < 1.29 is 4.79 Å². The molecule has 0 aliphatic carbocycles. The lowest BCUT2D eigenvalue weighted by molar-refractivity contribution is -0.122. The van der Waals surface area contributed by atoms with Gasteiger partial charge in [-0.1, -0.05) is 29.3 Å². The Labute approximate surface area is 85.1 Å². The molecular formula is C12H17NO. The van der Waals surface area contributed by atoms with Crippen molar-refractivity contribution in [2.45, 2.75) is 33.1 Å². The van der Waals surface area contributed by atoms with Gasteiger partial charge in [-0.05, 0) is 33.3 Å². The zero-order valence-corrected chi connectivity index (χ0v) is 9.22. The summed E-state index contributed by atoms with van der Waals surface area (Å²) in [4.78, 5) is 11.3. The van der Waals surface area contributed by atoms with Crippen molar-refractivity contribution in [3.8, 4) is 0 Å². The van der Waals surface area contributed by atoms with E-state index in [4.69, 9.17) is 5.73 Å². The minimum atomic E-state index is -0.587. The van der Waals surface area contributed by atoms with E-state index in [2.05, 4.69) is 6.07 Å². The first-order chi connectivity index (χ1) is 6.34. The standard InChI is InChI=1S/C12H17NO/c1-8-5-9(2)7-10(6-8)12(3,4)11(13)14/h5-7H,1-4H3,(H2,13,14). The average Bonchev–Trinajstić information content (AvgIpc) is 2.01. The van der Waals surface area contributed by atoms with E-state index in [0.717, 1.165) is 16.7 Å². The molecule has 0 aliphatic heterocycles. The van der Waals surface area contributed by atoms with Crippen LogP contribution < -0.4 is 5.73 Å². The normalized spacial score (nSPS) is 11.4. The molecule has 0 saturated heterocycles. The summed E-state index contributed by atoms with van der Waals surface area (Å²) in [6, 6.07) is 6.11. The van der Waals surface area contributed by atoms with Crippen LogP contribution in [0.15, 0.2) is 18.2 Å². The second-order valence-corrected chi connectivity index (χ2v) is 4.37. The van der Waals surface area contributed by atoms with E-state index >= 15 is 0 Å². The van der Waals surface area contributed by atoms with Crippen molar-refractivity contribution in [1.29, 1.82) is 0 Å².